The molecule has 1 aromatic carbocycles. The Morgan fingerprint density at radius 2 is 2.24 bits per heavy atom. The summed E-state index contributed by atoms with van der Waals surface area (Å²) in [4.78, 5) is 22.9. The lowest BCUT2D eigenvalue weighted by Gasteiger charge is -2.14. The Bertz CT molecular complexity index is 614. The third-order valence-electron chi connectivity index (χ3n) is 3.17. The summed E-state index contributed by atoms with van der Waals surface area (Å²) >= 11 is 6.08. The van der Waals surface area contributed by atoms with Gasteiger partial charge in [-0.15, -0.1) is 0 Å². The highest BCUT2D eigenvalue weighted by molar-refractivity contribution is 6.39. The van der Waals surface area contributed by atoms with Crippen LogP contribution >= 0.6 is 11.6 Å². The first kappa shape index (κ1) is 15.3. The highest BCUT2D eigenvalue weighted by Gasteiger charge is 2.18. The van der Waals surface area contributed by atoms with Crippen molar-refractivity contribution in [3.63, 3.8) is 0 Å². The van der Waals surface area contributed by atoms with E-state index in [-0.39, 0.29) is 24.8 Å². The maximum atomic E-state index is 12.0. The molecule has 1 aliphatic heterocycles. The minimum Gasteiger partial charge on any atom is -0.496 e. The van der Waals surface area contributed by atoms with Crippen molar-refractivity contribution in [2.75, 3.05) is 7.11 Å². The first-order chi connectivity index (χ1) is 10.0. The largest absolute Gasteiger partial charge is 0.496 e. The third-order valence-corrected chi connectivity index (χ3v) is 3.57. The molecule has 112 valence electrons. The van der Waals surface area contributed by atoms with Crippen molar-refractivity contribution in [1.82, 2.24) is 10.7 Å². The van der Waals surface area contributed by atoms with Gasteiger partial charge >= 0.3 is 0 Å². The molecule has 21 heavy (non-hydrogen) atoms. The van der Waals surface area contributed by atoms with Gasteiger partial charge in [0.15, 0.2) is 0 Å². The van der Waals surface area contributed by atoms with Crippen molar-refractivity contribution >= 4 is 29.1 Å². The molecule has 1 aliphatic rings. The molecule has 0 bridgehead atoms. The van der Waals surface area contributed by atoms with Crippen LogP contribution < -0.4 is 15.5 Å². The minimum absolute atomic E-state index is 0.182. The molecule has 0 aromatic heterocycles. The Labute approximate surface area is 127 Å². The van der Waals surface area contributed by atoms with Crippen LogP contribution in [0.1, 0.15) is 24.0 Å². The quantitative estimate of drug-likeness (QED) is 0.885. The second kappa shape index (κ2) is 6.58. The summed E-state index contributed by atoms with van der Waals surface area (Å²) in [6.45, 7) is 2.15. The van der Waals surface area contributed by atoms with Crippen LogP contribution in [0.25, 0.3) is 0 Å². The standard InChI is InChI=1S/C14H16ClN3O3/c1-8-5-12(21-2)9(6-10(8)15)7-16-14(20)11-3-4-13(19)18-17-11/h5-6H,3-4,7H2,1-2H3,(H,16,20)(H,18,19). The maximum absolute atomic E-state index is 12.0. The molecule has 0 fully saturated rings. The van der Waals surface area contributed by atoms with Gasteiger partial charge in [0.1, 0.15) is 11.5 Å². The van der Waals surface area contributed by atoms with Crippen LogP contribution in [0.4, 0.5) is 0 Å². The van der Waals surface area contributed by atoms with Gasteiger partial charge in [0.2, 0.25) is 5.91 Å². The number of benzene rings is 1. The van der Waals surface area contributed by atoms with Crippen LogP contribution in [0.3, 0.4) is 0 Å². The molecule has 1 aromatic rings. The van der Waals surface area contributed by atoms with Crippen molar-refractivity contribution < 1.29 is 14.3 Å². The second-order valence-corrected chi connectivity index (χ2v) is 5.10. The van der Waals surface area contributed by atoms with Gasteiger partial charge in [-0.25, -0.2) is 5.43 Å². The van der Waals surface area contributed by atoms with Crippen LogP contribution in [0, 0.1) is 6.92 Å². The molecule has 6 nitrogen and oxygen atoms in total. The first-order valence-electron chi connectivity index (χ1n) is 6.48. The number of hydrogen-bond donors (Lipinski definition) is 2. The summed E-state index contributed by atoms with van der Waals surface area (Å²) in [5.41, 5.74) is 4.29. The number of hydrogen-bond acceptors (Lipinski definition) is 4. The van der Waals surface area contributed by atoms with Gasteiger partial charge in [-0.3, -0.25) is 9.59 Å². The van der Waals surface area contributed by atoms with Crippen LogP contribution in [0.2, 0.25) is 5.02 Å². The van der Waals surface area contributed by atoms with E-state index in [2.05, 4.69) is 15.8 Å². The van der Waals surface area contributed by atoms with Crippen LogP contribution in [0.15, 0.2) is 17.2 Å². The molecule has 0 saturated carbocycles. The average molecular weight is 310 g/mol. The van der Waals surface area contributed by atoms with Crippen molar-refractivity contribution in [3.05, 3.63) is 28.3 Å². The van der Waals surface area contributed by atoms with Gasteiger partial charge in [-0.05, 0) is 24.6 Å². The normalized spacial score (nSPS) is 14.2. The van der Waals surface area contributed by atoms with E-state index < -0.39 is 0 Å². The van der Waals surface area contributed by atoms with E-state index in [4.69, 9.17) is 16.3 Å². The lowest BCUT2D eigenvalue weighted by Crippen LogP contribution is -2.36. The first-order valence-corrected chi connectivity index (χ1v) is 6.85. The van der Waals surface area contributed by atoms with Gasteiger partial charge < -0.3 is 10.1 Å². The molecule has 2 N–H and O–H groups in total. The fourth-order valence-corrected chi connectivity index (χ4v) is 2.13. The smallest absolute Gasteiger partial charge is 0.267 e. The number of carbonyl (C=O) groups is 2. The van der Waals surface area contributed by atoms with E-state index in [0.717, 1.165) is 11.1 Å². The Morgan fingerprint density at radius 1 is 1.48 bits per heavy atom. The molecule has 2 amide bonds. The van der Waals surface area contributed by atoms with Gasteiger partial charge in [-0.2, -0.15) is 5.10 Å². The van der Waals surface area contributed by atoms with Crippen molar-refractivity contribution in [1.29, 1.82) is 0 Å². The van der Waals surface area contributed by atoms with E-state index in [0.29, 0.717) is 22.9 Å². The zero-order valence-electron chi connectivity index (χ0n) is 11.8. The number of ether oxygens (including phenoxy) is 1. The second-order valence-electron chi connectivity index (χ2n) is 4.69. The minimum atomic E-state index is -0.311. The highest BCUT2D eigenvalue weighted by Crippen LogP contribution is 2.26. The van der Waals surface area contributed by atoms with Crippen LogP contribution in [-0.4, -0.2) is 24.6 Å². The van der Waals surface area contributed by atoms with Crippen molar-refractivity contribution in [2.24, 2.45) is 5.10 Å². The molecule has 0 aliphatic carbocycles. The van der Waals surface area contributed by atoms with Crippen molar-refractivity contribution in [3.8, 4) is 5.75 Å². The predicted molar refractivity (Wildman–Crippen MR) is 79.4 cm³/mol. The lowest BCUT2D eigenvalue weighted by atomic mass is 10.1. The molecule has 0 saturated heterocycles. The number of halogens is 1. The molecule has 0 radical (unpaired) electrons. The molecular formula is C14H16ClN3O3. The van der Waals surface area contributed by atoms with Gasteiger partial charge in [0, 0.05) is 30.0 Å². The number of hydrazone groups is 1. The molecule has 2 rings (SSSR count). The number of nitrogens with zero attached hydrogens (tertiary/aromatic N) is 1. The summed E-state index contributed by atoms with van der Waals surface area (Å²) in [6, 6.07) is 3.59. The van der Waals surface area contributed by atoms with Gasteiger partial charge in [-0.1, -0.05) is 11.6 Å². The third kappa shape index (κ3) is 3.72. The molecule has 0 atom stereocenters. The Morgan fingerprint density at radius 3 is 2.86 bits per heavy atom. The summed E-state index contributed by atoms with van der Waals surface area (Å²) in [7, 11) is 1.56. The lowest BCUT2D eigenvalue weighted by molar-refractivity contribution is -0.121. The molecule has 7 heteroatoms. The molecular weight excluding hydrogens is 294 g/mol. The Kier molecular flexibility index (Phi) is 4.80. The maximum Gasteiger partial charge on any atom is 0.267 e. The zero-order valence-corrected chi connectivity index (χ0v) is 12.6. The van der Waals surface area contributed by atoms with E-state index in [9.17, 15) is 9.59 Å². The van der Waals surface area contributed by atoms with E-state index >= 15 is 0 Å². The predicted octanol–water partition coefficient (Wildman–Crippen LogP) is 1.54. The number of methoxy groups -OCH3 is 1. The fraction of sp³-hybridized carbons (Fsp3) is 0.357. The monoisotopic (exact) mass is 309 g/mol. The van der Waals surface area contributed by atoms with E-state index in [1.165, 1.54) is 0 Å². The summed E-state index contributed by atoms with van der Waals surface area (Å²) in [5, 5.41) is 7.10. The molecule has 0 spiro atoms. The number of aryl methyl sites for hydroxylation is 1. The topological polar surface area (TPSA) is 79.8 Å². The summed E-state index contributed by atoms with van der Waals surface area (Å²) in [5.74, 6) is 0.170. The fourth-order valence-electron chi connectivity index (χ4n) is 1.94. The zero-order chi connectivity index (χ0) is 15.4. The van der Waals surface area contributed by atoms with Gasteiger partial charge in [0.05, 0.1) is 7.11 Å². The van der Waals surface area contributed by atoms with E-state index in [1.54, 1.807) is 13.2 Å². The summed E-state index contributed by atoms with van der Waals surface area (Å²) in [6.07, 6.45) is 0.607. The van der Waals surface area contributed by atoms with Crippen LogP contribution in [0.5, 0.6) is 5.75 Å². The van der Waals surface area contributed by atoms with E-state index in [1.807, 2.05) is 13.0 Å². The average Bonchev–Trinajstić information content (AvgIpc) is 2.48. The molecule has 0 unspecified atom stereocenters. The highest BCUT2D eigenvalue weighted by atomic mass is 35.5. The number of amides is 2. The van der Waals surface area contributed by atoms with Crippen LogP contribution in [-0.2, 0) is 16.1 Å². The molecule has 1 heterocycles. The Balaban J connectivity index is 2.04. The number of carbonyl (C=O) groups excluding carboxylic acids is 2. The Hall–Kier alpha value is -2.08. The number of nitrogens with one attached hydrogen (secondary N) is 2. The SMILES string of the molecule is COc1cc(C)c(Cl)cc1CNC(=O)C1=NNC(=O)CC1. The van der Waals surface area contributed by atoms with Gasteiger partial charge in [0.25, 0.3) is 5.91 Å². The van der Waals surface area contributed by atoms with Crippen molar-refractivity contribution in [2.45, 2.75) is 26.3 Å². The summed E-state index contributed by atoms with van der Waals surface area (Å²) < 4.78 is 5.28. The number of rotatable bonds is 4.